The van der Waals surface area contributed by atoms with Gasteiger partial charge in [-0.1, -0.05) is 11.2 Å². The van der Waals surface area contributed by atoms with Crippen molar-refractivity contribution in [2.45, 2.75) is 25.9 Å². The fraction of sp³-hybridized carbons (Fsp3) is 0.308. The summed E-state index contributed by atoms with van der Waals surface area (Å²) in [6, 6.07) is 6.17. The molecule has 1 aromatic carbocycles. The van der Waals surface area contributed by atoms with E-state index in [-0.39, 0.29) is 30.4 Å². The minimum atomic E-state index is -0.841. The monoisotopic (exact) mass is 261 g/mol. The van der Waals surface area contributed by atoms with Crippen molar-refractivity contribution in [3.63, 3.8) is 0 Å². The van der Waals surface area contributed by atoms with Gasteiger partial charge < -0.3 is 9.63 Å². The zero-order valence-electron chi connectivity index (χ0n) is 10.3. The summed E-state index contributed by atoms with van der Waals surface area (Å²) in [5.41, 5.74) is 1.37. The van der Waals surface area contributed by atoms with Crippen LogP contribution in [0.25, 0.3) is 11.4 Å². The Balaban J connectivity index is 2.21. The molecule has 98 valence electrons. The lowest BCUT2D eigenvalue weighted by molar-refractivity contribution is 0.167. The van der Waals surface area contributed by atoms with Gasteiger partial charge in [-0.25, -0.2) is 4.39 Å². The highest BCUT2D eigenvalue weighted by molar-refractivity contribution is 5.59. The fourth-order valence-corrected chi connectivity index (χ4v) is 1.66. The van der Waals surface area contributed by atoms with E-state index in [0.29, 0.717) is 5.56 Å². The average molecular weight is 261 g/mol. The van der Waals surface area contributed by atoms with Crippen LogP contribution >= 0.6 is 0 Å². The predicted octanol–water partition coefficient (Wildman–Crippen LogP) is 2.00. The molecule has 1 atom stereocenters. The first-order valence-corrected chi connectivity index (χ1v) is 5.74. The molecule has 0 aliphatic heterocycles. The molecule has 0 aliphatic carbocycles. The van der Waals surface area contributed by atoms with Gasteiger partial charge >= 0.3 is 0 Å². The van der Waals surface area contributed by atoms with E-state index in [1.54, 1.807) is 6.07 Å². The van der Waals surface area contributed by atoms with E-state index < -0.39 is 6.10 Å². The lowest BCUT2D eigenvalue weighted by atomic mass is 10.1. The van der Waals surface area contributed by atoms with Crippen molar-refractivity contribution in [3.05, 3.63) is 35.5 Å². The van der Waals surface area contributed by atoms with Crippen LogP contribution in [0.2, 0.25) is 0 Å². The molecular weight excluding hydrogens is 249 g/mol. The SMILES string of the molecule is Cc1ccc(F)cc1-c1noc(CC(O)CC#N)n1. The molecule has 1 aromatic heterocycles. The first kappa shape index (κ1) is 13.2. The summed E-state index contributed by atoms with van der Waals surface area (Å²) in [5, 5.41) is 21.7. The van der Waals surface area contributed by atoms with Crippen molar-refractivity contribution in [1.29, 1.82) is 5.26 Å². The Hall–Kier alpha value is -2.26. The number of aromatic nitrogens is 2. The van der Waals surface area contributed by atoms with Gasteiger partial charge in [0.2, 0.25) is 11.7 Å². The van der Waals surface area contributed by atoms with Crippen molar-refractivity contribution in [3.8, 4) is 17.5 Å². The first-order chi connectivity index (χ1) is 9.10. The summed E-state index contributed by atoms with van der Waals surface area (Å²) in [5.74, 6) is 0.119. The standard InChI is InChI=1S/C13H12FN3O2/c1-8-2-3-9(14)6-11(8)13-16-12(19-17-13)7-10(18)4-5-15/h2-3,6,10,18H,4,7H2,1H3. The van der Waals surface area contributed by atoms with Crippen LogP contribution in [0, 0.1) is 24.1 Å². The number of hydrogen-bond acceptors (Lipinski definition) is 5. The third-order valence-corrected chi connectivity index (χ3v) is 2.65. The Morgan fingerprint density at radius 1 is 1.53 bits per heavy atom. The van der Waals surface area contributed by atoms with Gasteiger partial charge in [-0.2, -0.15) is 10.2 Å². The summed E-state index contributed by atoms with van der Waals surface area (Å²) >= 11 is 0. The van der Waals surface area contributed by atoms with Crippen LogP contribution in [-0.2, 0) is 6.42 Å². The second-order valence-corrected chi connectivity index (χ2v) is 4.19. The number of aliphatic hydroxyl groups is 1. The zero-order valence-corrected chi connectivity index (χ0v) is 10.3. The van der Waals surface area contributed by atoms with E-state index in [1.807, 2.05) is 13.0 Å². The third-order valence-electron chi connectivity index (χ3n) is 2.65. The normalized spacial score (nSPS) is 12.1. The molecule has 0 saturated carbocycles. The predicted molar refractivity (Wildman–Crippen MR) is 64.4 cm³/mol. The number of aliphatic hydroxyl groups excluding tert-OH is 1. The van der Waals surface area contributed by atoms with Crippen LogP contribution in [0.1, 0.15) is 17.9 Å². The molecule has 0 saturated heterocycles. The molecule has 6 heteroatoms. The van der Waals surface area contributed by atoms with Crippen molar-refractivity contribution in [2.24, 2.45) is 0 Å². The Labute approximate surface area is 109 Å². The molecule has 2 aromatic rings. The molecule has 1 heterocycles. The molecule has 0 spiro atoms. The van der Waals surface area contributed by atoms with Crippen LogP contribution in [0.3, 0.4) is 0 Å². The van der Waals surface area contributed by atoms with Gasteiger partial charge in [0, 0.05) is 5.56 Å². The van der Waals surface area contributed by atoms with Crippen molar-refractivity contribution in [1.82, 2.24) is 10.1 Å². The van der Waals surface area contributed by atoms with Crippen molar-refractivity contribution < 1.29 is 14.0 Å². The summed E-state index contributed by atoms with van der Waals surface area (Å²) in [7, 11) is 0. The molecule has 0 aliphatic rings. The van der Waals surface area contributed by atoms with E-state index in [4.69, 9.17) is 9.78 Å². The van der Waals surface area contributed by atoms with Crippen LogP contribution < -0.4 is 0 Å². The molecule has 0 amide bonds. The largest absolute Gasteiger partial charge is 0.392 e. The summed E-state index contributed by atoms with van der Waals surface area (Å²) in [4.78, 5) is 4.09. The summed E-state index contributed by atoms with van der Waals surface area (Å²) < 4.78 is 18.2. The quantitative estimate of drug-likeness (QED) is 0.910. The molecule has 1 unspecified atom stereocenters. The number of nitrogens with zero attached hydrogens (tertiary/aromatic N) is 3. The number of nitriles is 1. The first-order valence-electron chi connectivity index (χ1n) is 5.74. The topological polar surface area (TPSA) is 82.9 Å². The molecule has 19 heavy (non-hydrogen) atoms. The van der Waals surface area contributed by atoms with Gasteiger partial charge in [0.15, 0.2) is 0 Å². The van der Waals surface area contributed by atoms with Gasteiger partial charge in [0.05, 0.1) is 25.0 Å². The number of rotatable bonds is 4. The molecule has 5 nitrogen and oxygen atoms in total. The summed E-state index contributed by atoms with van der Waals surface area (Å²) in [6.45, 7) is 1.81. The number of aryl methyl sites for hydroxylation is 1. The smallest absolute Gasteiger partial charge is 0.229 e. The third kappa shape index (κ3) is 3.14. The minimum Gasteiger partial charge on any atom is -0.392 e. The lowest BCUT2D eigenvalue weighted by Crippen LogP contribution is -2.09. The van der Waals surface area contributed by atoms with Gasteiger partial charge in [-0.3, -0.25) is 0 Å². The number of hydrogen-bond donors (Lipinski definition) is 1. The van der Waals surface area contributed by atoms with Crippen LogP contribution in [0.5, 0.6) is 0 Å². The van der Waals surface area contributed by atoms with Gasteiger partial charge in [-0.05, 0) is 24.6 Å². The summed E-state index contributed by atoms with van der Waals surface area (Å²) in [6.07, 6.45) is -0.738. The van der Waals surface area contributed by atoms with E-state index in [1.165, 1.54) is 12.1 Å². The zero-order chi connectivity index (χ0) is 13.8. The van der Waals surface area contributed by atoms with E-state index in [9.17, 15) is 9.50 Å². The van der Waals surface area contributed by atoms with Gasteiger partial charge in [0.25, 0.3) is 0 Å². The Morgan fingerprint density at radius 2 is 2.32 bits per heavy atom. The minimum absolute atomic E-state index is 0.00327. The maximum Gasteiger partial charge on any atom is 0.229 e. The van der Waals surface area contributed by atoms with Crippen LogP contribution in [-0.4, -0.2) is 21.4 Å². The van der Waals surface area contributed by atoms with Crippen molar-refractivity contribution in [2.75, 3.05) is 0 Å². The number of halogens is 1. The highest BCUT2D eigenvalue weighted by atomic mass is 19.1. The molecule has 2 rings (SSSR count). The maximum absolute atomic E-state index is 13.2. The van der Waals surface area contributed by atoms with Gasteiger partial charge in [-0.15, -0.1) is 0 Å². The highest BCUT2D eigenvalue weighted by Crippen LogP contribution is 2.21. The van der Waals surface area contributed by atoms with E-state index in [0.717, 1.165) is 5.56 Å². The molecule has 0 bridgehead atoms. The number of benzene rings is 1. The molecule has 0 radical (unpaired) electrons. The van der Waals surface area contributed by atoms with Crippen LogP contribution in [0.4, 0.5) is 4.39 Å². The Kier molecular flexibility index (Phi) is 3.88. The maximum atomic E-state index is 13.2. The average Bonchev–Trinajstić information content (AvgIpc) is 2.81. The Morgan fingerprint density at radius 3 is 3.05 bits per heavy atom. The van der Waals surface area contributed by atoms with Gasteiger partial charge in [0.1, 0.15) is 5.82 Å². The molecule has 0 fully saturated rings. The molecule has 1 N–H and O–H groups in total. The van der Waals surface area contributed by atoms with E-state index in [2.05, 4.69) is 10.1 Å². The second kappa shape index (κ2) is 5.59. The fourth-order valence-electron chi connectivity index (χ4n) is 1.66. The second-order valence-electron chi connectivity index (χ2n) is 4.19. The molecular formula is C13H12FN3O2. The highest BCUT2D eigenvalue weighted by Gasteiger charge is 2.14. The Bertz CT molecular complexity index is 619. The van der Waals surface area contributed by atoms with Crippen molar-refractivity contribution >= 4 is 0 Å². The van der Waals surface area contributed by atoms with E-state index >= 15 is 0 Å². The lowest BCUT2D eigenvalue weighted by Gasteiger charge is -2.01. The van der Waals surface area contributed by atoms with Crippen LogP contribution in [0.15, 0.2) is 22.7 Å².